The Morgan fingerprint density at radius 3 is 2.62 bits per heavy atom. The van der Waals surface area contributed by atoms with Crippen molar-refractivity contribution in [1.29, 1.82) is 0 Å². The normalized spacial score (nSPS) is 12.6. The van der Waals surface area contributed by atoms with Gasteiger partial charge in [-0.25, -0.2) is 9.37 Å². The summed E-state index contributed by atoms with van der Waals surface area (Å²) in [6, 6.07) is 10.6. The van der Waals surface area contributed by atoms with Crippen LogP contribution >= 0.6 is 34.5 Å². The van der Waals surface area contributed by atoms with Crippen LogP contribution in [0.25, 0.3) is 10.2 Å². The summed E-state index contributed by atoms with van der Waals surface area (Å²) in [7, 11) is 0. The van der Waals surface area contributed by atoms with Gasteiger partial charge in [-0.05, 0) is 36.8 Å². The molecule has 0 bridgehead atoms. The molecule has 6 heteroatoms. The van der Waals surface area contributed by atoms with Gasteiger partial charge in [-0.15, -0.1) is 0 Å². The molecular formula is C15H11Cl2FN2S. The van der Waals surface area contributed by atoms with Crippen LogP contribution < -0.4 is 5.32 Å². The van der Waals surface area contributed by atoms with Crippen LogP contribution in [-0.4, -0.2) is 4.98 Å². The lowest BCUT2D eigenvalue weighted by molar-refractivity contribution is 0.630. The van der Waals surface area contributed by atoms with Gasteiger partial charge in [0, 0.05) is 5.02 Å². The zero-order valence-corrected chi connectivity index (χ0v) is 13.4. The number of halogens is 3. The summed E-state index contributed by atoms with van der Waals surface area (Å²) in [6.07, 6.45) is 0. The van der Waals surface area contributed by atoms with Crippen molar-refractivity contribution in [2.24, 2.45) is 0 Å². The number of anilines is 1. The van der Waals surface area contributed by atoms with E-state index in [1.165, 1.54) is 17.4 Å². The van der Waals surface area contributed by atoms with Crippen molar-refractivity contribution in [3.8, 4) is 0 Å². The van der Waals surface area contributed by atoms with Crippen LogP contribution in [0.4, 0.5) is 9.52 Å². The Hall–Kier alpha value is -1.36. The largest absolute Gasteiger partial charge is 0.355 e. The number of fused-ring (bicyclic) bond motifs is 1. The summed E-state index contributed by atoms with van der Waals surface area (Å²) in [5.41, 5.74) is 1.79. The van der Waals surface area contributed by atoms with Crippen molar-refractivity contribution >= 4 is 49.9 Å². The third-order valence-electron chi connectivity index (χ3n) is 3.14. The van der Waals surface area contributed by atoms with Crippen LogP contribution in [-0.2, 0) is 0 Å². The topological polar surface area (TPSA) is 24.9 Å². The van der Waals surface area contributed by atoms with E-state index >= 15 is 0 Å². The lowest BCUT2D eigenvalue weighted by Crippen LogP contribution is -2.05. The molecule has 1 aromatic heterocycles. The lowest BCUT2D eigenvalue weighted by Gasteiger charge is -2.13. The van der Waals surface area contributed by atoms with Crippen molar-refractivity contribution in [2.45, 2.75) is 13.0 Å². The van der Waals surface area contributed by atoms with Crippen molar-refractivity contribution in [3.63, 3.8) is 0 Å². The monoisotopic (exact) mass is 340 g/mol. The lowest BCUT2D eigenvalue weighted by atomic mass is 10.1. The Labute approximate surface area is 135 Å². The minimum Gasteiger partial charge on any atom is -0.355 e. The minimum atomic E-state index is -0.426. The van der Waals surface area contributed by atoms with E-state index in [1.54, 1.807) is 6.07 Å². The second-order valence-electron chi connectivity index (χ2n) is 4.67. The summed E-state index contributed by atoms with van der Waals surface area (Å²) < 4.78 is 14.2. The van der Waals surface area contributed by atoms with Crippen molar-refractivity contribution < 1.29 is 4.39 Å². The molecule has 0 aliphatic carbocycles. The van der Waals surface area contributed by atoms with Crippen LogP contribution in [0.2, 0.25) is 10.0 Å². The van der Waals surface area contributed by atoms with Crippen molar-refractivity contribution in [3.05, 3.63) is 57.8 Å². The molecule has 0 radical (unpaired) electrons. The molecule has 0 aliphatic rings. The van der Waals surface area contributed by atoms with Gasteiger partial charge in [0.15, 0.2) is 5.13 Å². The Kier molecular flexibility index (Phi) is 4.02. The first-order valence-corrected chi connectivity index (χ1v) is 7.88. The second kappa shape index (κ2) is 5.79. The number of rotatable bonds is 3. The van der Waals surface area contributed by atoms with Gasteiger partial charge < -0.3 is 5.32 Å². The number of benzene rings is 2. The number of nitrogens with one attached hydrogen (secondary N) is 1. The van der Waals surface area contributed by atoms with E-state index in [1.807, 2.05) is 31.2 Å². The Balaban J connectivity index is 1.85. The summed E-state index contributed by atoms with van der Waals surface area (Å²) >= 11 is 13.1. The molecule has 3 rings (SSSR count). The molecule has 108 valence electrons. The molecule has 0 fully saturated rings. The fourth-order valence-electron chi connectivity index (χ4n) is 2.01. The number of hydrogen-bond acceptors (Lipinski definition) is 3. The maximum atomic E-state index is 13.4. The maximum absolute atomic E-state index is 13.4. The van der Waals surface area contributed by atoms with Crippen LogP contribution in [0, 0.1) is 5.82 Å². The Morgan fingerprint density at radius 1 is 1.19 bits per heavy atom. The van der Waals surface area contributed by atoms with Gasteiger partial charge in [-0.3, -0.25) is 0 Å². The Morgan fingerprint density at radius 2 is 1.90 bits per heavy atom. The number of hydrogen-bond donors (Lipinski definition) is 1. The van der Waals surface area contributed by atoms with Crippen LogP contribution in [0.15, 0.2) is 36.4 Å². The molecule has 3 aromatic rings. The predicted octanol–water partition coefficient (Wildman–Crippen LogP) is 5.92. The molecule has 1 N–H and O–H groups in total. The quantitative estimate of drug-likeness (QED) is 0.640. The van der Waals surface area contributed by atoms with E-state index in [-0.39, 0.29) is 11.1 Å². The second-order valence-corrected chi connectivity index (χ2v) is 6.54. The molecule has 21 heavy (non-hydrogen) atoms. The van der Waals surface area contributed by atoms with Gasteiger partial charge in [0.1, 0.15) is 5.82 Å². The fourth-order valence-corrected chi connectivity index (χ4v) is 3.25. The molecule has 0 unspecified atom stereocenters. The summed E-state index contributed by atoms with van der Waals surface area (Å²) in [5, 5.41) is 4.83. The SMILES string of the molecule is C[C@@H](Nc1nc2cc(Cl)c(F)cc2s1)c1ccc(Cl)cc1. The highest BCUT2D eigenvalue weighted by Gasteiger charge is 2.11. The van der Waals surface area contributed by atoms with Crippen molar-refractivity contribution in [2.75, 3.05) is 5.32 Å². The van der Waals surface area contributed by atoms with Crippen molar-refractivity contribution in [1.82, 2.24) is 4.98 Å². The van der Waals surface area contributed by atoms with Gasteiger partial charge in [0.25, 0.3) is 0 Å². The van der Waals surface area contributed by atoms with Gasteiger partial charge >= 0.3 is 0 Å². The zero-order chi connectivity index (χ0) is 15.0. The van der Waals surface area contributed by atoms with E-state index in [2.05, 4.69) is 10.3 Å². The van der Waals surface area contributed by atoms with Crippen LogP contribution in [0.3, 0.4) is 0 Å². The fraction of sp³-hybridized carbons (Fsp3) is 0.133. The highest BCUT2D eigenvalue weighted by molar-refractivity contribution is 7.22. The van der Waals surface area contributed by atoms with Crippen LogP contribution in [0.5, 0.6) is 0 Å². The number of aromatic nitrogens is 1. The van der Waals surface area contributed by atoms with Gasteiger partial charge in [-0.1, -0.05) is 46.7 Å². The minimum absolute atomic E-state index is 0.0724. The van der Waals surface area contributed by atoms with Gasteiger partial charge in [0.2, 0.25) is 0 Å². The predicted molar refractivity (Wildman–Crippen MR) is 88.1 cm³/mol. The highest BCUT2D eigenvalue weighted by atomic mass is 35.5. The molecule has 0 spiro atoms. The van der Waals surface area contributed by atoms with Gasteiger partial charge in [-0.2, -0.15) is 0 Å². The summed E-state index contributed by atoms with van der Waals surface area (Å²) in [6.45, 7) is 2.03. The Bertz CT molecular complexity index is 747. The van der Waals surface area contributed by atoms with E-state index in [4.69, 9.17) is 23.2 Å². The maximum Gasteiger partial charge on any atom is 0.184 e. The number of nitrogens with zero attached hydrogens (tertiary/aromatic N) is 1. The van der Waals surface area contributed by atoms with Gasteiger partial charge in [0.05, 0.1) is 21.3 Å². The van der Waals surface area contributed by atoms with Crippen LogP contribution in [0.1, 0.15) is 18.5 Å². The molecule has 0 aliphatic heterocycles. The first-order chi connectivity index (χ1) is 10.0. The summed E-state index contributed by atoms with van der Waals surface area (Å²) in [5.74, 6) is -0.426. The third-order valence-corrected chi connectivity index (χ3v) is 4.63. The highest BCUT2D eigenvalue weighted by Crippen LogP contribution is 2.31. The number of thiazole rings is 1. The smallest absolute Gasteiger partial charge is 0.184 e. The average Bonchev–Trinajstić information content (AvgIpc) is 2.81. The molecule has 1 heterocycles. The molecule has 0 saturated heterocycles. The first-order valence-electron chi connectivity index (χ1n) is 6.30. The van der Waals surface area contributed by atoms with E-state index < -0.39 is 5.82 Å². The van der Waals surface area contributed by atoms with E-state index in [0.717, 1.165) is 15.4 Å². The molecule has 2 aromatic carbocycles. The summed E-state index contributed by atoms with van der Waals surface area (Å²) in [4.78, 5) is 4.43. The first kappa shape index (κ1) is 14.6. The zero-order valence-electron chi connectivity index (χ0n) is 11.0. The molecule has 0 amide bonds. The molecular weight excluding hydrogens is 330 g/mol. The molecule has 0 saturated carbocycles. The third kappa shape index (κ3) is 3.12. The average molecular weight is 341 g/mol. The molecule has 1 atom stereocenters. The standard InChI is InChI=1S/C15H11Cl2FN2S/c1-8(9-2-4-10(16)5-3-9)19-15-20-13-6-11(17)12(18)7-14(13)21-15/h2-8H,1H3,(H,19,20)/t8-/m1/s1. The van der Waals surface area contributed by atoms with E-state index in [0.29, 0.717) is 10.5 Å². The van der Waals surface area contributed by atoms with E-state index in [9.17, 15) is 4.39 Å². The molecule has 2 nitrogen and oxygen atoms in total.